The van der Waals surface area contributed by atoms with Gasteiger partial charge in [-0.05, 0) is 93.9 Å². The second kappa shape index (κ2) is 17.2. The Labute approximate surface area is 373 Å². The summed E-state index contributed by atoms with van der Waals surface area (Å²) in [5, 5.41) is 14.8. The van der Waals surface area contributed by atoms with Crippen molar-refractivity contribution in [3.8, 4) is 17.6 Å². The lowest BCUT2D eigenvalue weighted by Gasteiger charge is -2.59. The van der Waals surface area contributed by atoms with E-state index in [0.29, 0.717) is 35.3 Å². The Bertz CT molecular complexity index is 2380. The van der Waals surface area contributed by atoms with E-state index in [1.165, 1.54) is 12.7 Å². The summed E-state index contributed by atoms with van der Waals surface area (Å²) in [6, 6.07) is 9.53. The van der Waals surface area contributed by atoms with Crippen molar-refractivity contribution in [1.29, 1.82) is 5.26 Å². The first kappa shape index (κ1) is 43.3. The lowest BCUT2D eigenvalue weighted by atomic mass is 9.60. The van der Waals surface area contributed by atoms with E-state index in [9.17, 15) is 29.2 Å². The van der Waals surface area contributed by atoms with Crippen LogP contribution in [-0.2, 0) is 16.1 Å². The Morgan fingerprint density at radius 1 is 1.00 bits per heavy atom. The fraction of sp³-hybridized carbons (Fsp3) is 0.542. The summed E-state index contributed by atoms with van der Waals surface area (Å²) in [6.45, 7) is 14.0. The van der Waals surface area contributed by atoms with Gasteiger partial charge in [0.15, 0.2) is 0 Å². The molecule has 2 aromatic carbocycles. The molecule has 64 heavy (non-hydrogen) atoms. The van der Waals surface area contributed by atoms with Gasteiger partial charge in [-0.25, -0.2) is 9.97 Å². The topological polar surface area (TPSA) is 190 Å². The second-order valence-corrected chi connectivity index (χ2v) is 19.3. The molecule has 5 fully saturated rings. The van der Waals surface area contributed by atoms with Gasteiger partial charge in [-0.15, -0.1) is 0 Å². The summed E-state index contributed by atoms with van der Waals surface area (Å²) < 4.78 is 11.9. The largest absolute Gasteiger partial charge is 0.496 e. The Morgan fingerprint density at radius 3 is 2.31 bits per heavy atom. The van der Waals surface area contributed by atoms with E-state index in [-0.39, 0.29) is 53.2 Å². The van der Waals surface area contributed by atoms with Crippen molar-refractivity contribution in [3.63, 3.8) is 0 Å². The van der Waals surface area contributed by atoms with E-state index in [4.69, 9.17) is 9.47 Å². The number of anilines is 1. The number of aromatic nitrogens is 2. The smallest absolute Gasteiger partial charge is 0.266 e. The normalized spacial score (nSPS) is 23.4. The van der Waals surface area contributed by atoms with E-state index in [0.717, 1.165) is 99.4 Å². The second-order valence-electron chi connectivity index (χ2n) is 19.3. The number of benzene rings is 2. The third kappa shape index (κ3) is 8.31. The Kier molecular flexibility index (Phi) is 11.7. The number of methoxy groups -OCH3 is 1. The van der Waals surface area contributed by atoms with Gasteiger partial charge in [0.2, 0.25) is 17.8 Å². The van der Waals surface area contributed by atoms with E-state index in [1.54, 1.807) is 24.5 Å². The molecular formula is C48H57N9O7. The van der Waals surface area contributed by atoms with Gasteiger partial charge in [0.25, 0.3) is 17.7 Å². The minimum Gasteiger partial charge on any atom is -0.496 e. The lowest BCUT2D eigenvalue weighted by Crippen LogP contribution is -2.66. The quantitative estimate of drug-likeness (QED) is 0.232. The third-order valence-corrected chi connectivity index (χ3v) is 14.4. The maximum Gasteiger partial charge on any atom is 0.266 e. The van der Waals surface area contributed by atoms with Crippen molar-refractivity contribution in [2.45, 2.75) is 116 Å². The molecule has 2 aliphatic carbocycles. The predicted octanol–water partition coefficient (Wildman–Crippen LogP) is 4.31. The standard InChI is InChI=1S/C48H57N9O7/c1-27(2)56(34-14-35(15-34)64-36-16-37-42(40(17-36)63-5)46(62)57(45(37)61)39-6-7-41(58)53-44(39)60)24-30-8-10-55(11-9-30)47-50-21-32(22-51-47)43(59)52-33-18-48(19-33)25-54(26-48)23-31-12-28(3)38(20-49)29(4)13-31/h12-13,16-17,21-22,27,30,33-35,39H,6-11,14-15,18-19,23-26H2,1-5H3,(H,52,59)(H,53,58,60)/t34?,35?,39-/m1/s1. The van der Waals surface area contributed by atoms with Crippen LogP contribution in [0.5, 0.6) is 11.5 Å². The number of imide groups is 2. The van der Waals surface area contributed by atoms with Crippen molar-refractivity contribution in [1.82, 2.24) is 35.3 Å². The summed E-state index contributed by atoms with van der Waals surface area (Å²) in [6.07, 6.45) is 8.95. The zero-order valence-corrected chi connectivity index (χ0v) is 37.3. The maximum absolute atomic E-state index is 13.5. The van der Waals surface area contributed by atoms with Crippen LogP contribution in [0.2, 0.25) is 0 Å². The monoisotopic (exact) mass is 871 g/mol. The zero-order valence-electron chi connectivity index (χ0n) is 37.3. The van der Waals surface area contributed by atoms with Gasteiger partial charge >= 0.3 is 0 Å². The number of rotatable bonds is 13. The number of carbonyl (C=O) groups is 5. The number of amides is 5. The first-order valence-electron chi connectivity index (χ1n) is 22.7. The van der Waals surface area contributed by atoms with E-state index >= 15 is 0 Å². The lowest BCUT2D eigenvalue weighted by molar-refractivity contribution is -0.136. The molecule has 3 saturated heterocycles. The molecule has 5 heterocycles. The molecule has 5 amide bonds. The average molecular weight is 872 g/mol. The number of fused-ring (bicyclic) bond motifs is 1. The van der Waals surface area contributed by atoms with Gasteiger partial charge in [-0.2, -0.15) is 5.26 Å². The molecule has 6 aliphatic rings. The number of carbonyl (C=O) groups excluding carboxylic acids is 5. The van der Waals surface area contributed by atoms with E-state index < -0.39 is 29.7 Å². The number of hydrogen-bond acceptors (Lipinski definition) is 13. The summed E-state index contributed by atoms with van der Waals surface area (Å²) in [4.78, 5) is 81.7. The molecule has 4 aliphatic heterocycles. The van der Waals surface area contributed by atoms with Gasteiger partial charge < -0.3 is 19.7 Å². The highest BCUT2D eigenvalue weighted by molar-refractivity contribution is 6.24. The molecular weight excluding hydrogens is 815 g/mol. The third-order valence-electron chi connectivity index (χ3n) is 14.4. The first-order chi connectivity index (χ1) is 30.7. The molecule has 2 N–H and O–H groups in total. The summed E-state index contributed by atoms with van der Waals surface area (Å²) in [5.41, 5.74) is 5.06. The highest BCUT2D eigenvalue weighted by atomic mass is 16.5. The molecule has 0 bridgehead atoms. The van der Waals surface area contributed by atoms with Crippen LogP contribution < -0.4 is 25.0 Å². The molecule has 2 saturated carbocycles. The van der Waals surface area contributed by atoms with Crippen LogP contribution in [0.3, 0.4) is 0 Å². The number of nitrogens with zero attached hydrogens (tertiary/aromatic N) is 7. The van der Waals surface area contributed by atoms with Crippen LogP contribution in [0.25, 0.3) is 0 Å². The van der Waals surface area contributed by atoms with Gasteiger partial charge in [-0.1, -0.05) is 12.1 Å². The molecule has 336 valence electrons. The number of piperidine rings is 2. The van der Waals surface area contributed by atoms with Gasteiger partial charge in [0.1, 0.15) is 23.6 Å². The van der Waals surface area contributed by atoms with Crippen molar-refractivity contribution < 1.29 is 33.4 Å². The SMILES string of the molecule is COc1cc(OC2CC(N(CC3CCN(c4ncc(C(=O)NC5CC6(C5)CN(Cc5cc(C)c(C#N)c(C)c5)C6)cn4)CC3)C(C)C)C2)cc2c1C(=O)N([C@@H]1CCC(=O)NC1=O)C2=O. The summed E-state index contributed by atoms with van der Waals surface area (Å²) in [5.74, 6) is -0.628. The van der Waals surface area contributed by atoms with Gasteiger partial charge in [-0.3, -0.25) is 44.0 Å². The molecule has 1 spiro atoms. The molecule has 1 aromatic heterocycles. The molecule has 0 unspecified atom stereocenters. The van der Waals surface area contributed by atoms with Crippen molar-refractivity contribution in [2.24, 2.45) is 11.3 Å². The van der Waals surface area contributed by atoms with Crippen LogP contribution in [0.15, 0.2) is 36.7 Å². The molecule has 16 nitrogen and oxygen atoms in total. The number of nitrogens with one attached hydrogen (secondary N) is 2. The highest BCUT2D eigenvalue weighted by Crippen LogP contribution is 2.49. The molecule has 3 aromatic rings. The molecule has 9 rings (SSSR count). The summed E-state index contributed by atoms with van der Waals surface area (Å²) in [7, 11) is 1.43. The zero-order chi connectivity index (χ0) is 45.0. The van der Waals surface area contributed by atoms with Crippen molar-refractivity contribution in [3.05, 3.63) is 75.6 Å². The minimum absolute atomic E-state index is 0.0452. The van der Waals surface area contributed by atoms with Gasteiger partial charge in [0, 0.05) is 95.1 Å². The fourth-order valence-electron chi connectivity index (χ4n) is 11.1. The van der Waals surface area contributed by atoms with Crippen LogP contribution in [-0.4, -0.2) is 124 Å². The van der Waals surface area contributed by atoms with Crippen LogP contribution in [0, 0.1) is 36.5 Å². The van der Waals surface area contributed by atoms with Crippen LogP contribution in [0.4, 0.5) is 5.95 Å². The average Bonchev–Trinajstić information content (AvgIpc) is 3.47. The molecule has 0 radical (unpaired) electrons. The van der Waals surface area contributed by atoms with Crippen LogP contribution in [0.1, 0.15) is 119 Å². The van der Waals surface area contributed by atoms with Crippen LogP contribution >= 0.6 is 0 Å². The molecule has 16 heteroatoms. The Balaban J connectivity index is 0.708. The number of nitriles is 1. The van der Waals surface area contributed by atoms with E-state index in [1.807, 2.05) is 13.8 Å². The number of ether oxygens (including phenoxy) is 2. The Hall–Kier alpha value is -5.92. The fourth-order valence-corrected chi connectivity index (χ4v) is 11.1. The van der Waals surface area contributed by atoms with Crippen molar-refractivity contribution >= 4 is 35.5 Å². The maximum atomic E-state index is 13.5. The Morgan fingerprint density at radius 2 is 1.69 bits per heavy atom. The minimum atomic E-state index is -1.06. The van der Waals surface area contributed by atoms with Gasteiger partial charge in [0.05, 0.1) is 35.4 Å². The molecule has 1 atom stereocenters. The number of likely N-dealkylation sites (tertiary alicyclic amines) is 1. The predicted molar refractivity (Wildman–Crippen MR) is 235 cm³/mol. The number of hydrogen-bond donors (Lipinski definition) is 2. The highest BCUT2D eigenvalue weighted by Gasteiger charge is 2.52. The summed E-state index contributed by atoms with van der Waals surface area (Å²) >= 11 is 0. The number of aryl methyl sites for hydroxylation is 2. The first-order valence-corrected chi connectivity index (χ1v) is 22.7. The van der Waals surface area contributed by atoms with E-state index in [2.05, 4.69) is 67.4 Å². The van der Waals surface area contributed by atoms with Crippen molar-refractivity contribution in [2.75, 3.05) is 44.7 Å².